The summed E-state index contributed by atoms with van der Waals surface area (Å²) in [5, 5.41) is 3.41. The third kappa shape index (κ3) is 5.20. The van der Waals surface area contributed by atoms with Gasteiger partial charge in [-0.3, -0.25) is 4.90 Å². The van der Waals surface area contributed by atoms with Crippen molar-refractivity contribution in [2.24, 2.45) is 0 Å². The van der Waals surface area contributed by atoms with Crippen molar-refractivity contribution in [2.45, 2.75) is 76.1 Å². The maximum atomic E-state index is 6.01. The van der Waals surface area contributed by atoms with Gasteiger partial charge in [0, 0.05) is 79.5 Å². The van der Waals surface area contributed by atoms with Crippen molar-refractivity contribution in [3.8, 4) is 17.1 Å². The van der Waals surface area contributed by atoms with Crippen LogP contribution in [0.4, 0.5) is 17.3 Å². The molecule has 8 heteroatoms. The van der Waals surface area contributed by atoms with Gasteiger partial charge < -0.3 is 19.7 Å². The van der Waals surface area contributed by atoms with Crippen LogP contribution in [-0.2, 0) is 4.74 Å². The van der Waals surface area contributed by atoms with E-state index in [-0.39, 0.29) is 6.10 Å². The van der Waals surface area contributed by atoms with Gasteiger partial charge in [0.25, 0.3) is 0 Å². The summed E-state index contributed by atoms with van der Waals surface area (Å²) in [6.07, 6.45) is 12.5. The Kier molecular flexibility index (Phi) is 6.82. The molecule has 2 atom stereocenters. The van der Waals surface area contributed by atoms with E-state index in [1.165, 1.54) is 49.9 Å². The van der Waals surface area contributed by atoms with Gasteiger partial charge in [0.15, 0.2) is 0 Å². The molecule has 7 rings (SSSR count). The number of nitrogens with one attached hydrogen (secondary N) is 1. The Morgan fingerprint density at radius 1 is 0.923 bits per heavy atom. The molecule has 1 N–H and O–H groups in total. The molecule has 0 spiro atoms. The number of hydrogen-bond donors (Lipinski definition) is 1. The highest BCUT2D eigenvalue weighted by molar-refractivity contribution is 5.66. The molecular formula is C31H38N6O2. The molecular weight excluding hydrogens is 488 g/mol. The highest BCUT2D eigenvalue weighted by Crippen LogP contribution is 2.40. The minimum Gasteiger partial charge on any atom is -0.474 e. The lowest BCUT2D eigenvalue weighted by Gasteiger charge is -2.39. The van der Waals surface area contributed by atoms with Gasteiger partial charge in [-0.25, -0.2) is 15.0 Å². The Morgan fingerprint density at radius 3 is 2.54 bits per heavy atom. The molecule has 4 aliphatic rings. The molecule has 39 heavy (non-hydrogen) atoms. The Hall–Kier alpha value is -3.23. The molecule has 3 saturated heterocycles. The predicted molar refractivity (Wildman–Crippen MR) is 153 cm³/mol. The largest absolute Gasteiger partial charge is 0.474 e. The third-order valence-corrected chi connectivity index (χ3v) is 8.98. The van der Waals surface area contributed by atoms with Gasteiger partial charge in [-0.15, -0.1) is 0 Å². The van der Waals surface area contributed by atoms with Crippen LogP contribution in [0, 0.1) is 6.92 Å². The van der Waals surface area contributed by atoms with E-state index in [0.29, 0.717) is 17.9 Å². The van der Waals surface area contributed by atoms with Crippen LogP contribution in [0.25, 0.3) is 11.3 Å². The fraction of sp³-hybridized carbons (Fsp3) is 0.516. The van der Waals surface area contributed by atoms with E-state index >= 15 is 0 Å². The van der Waals surface area contributed by atoms with E-state index in [4.69, 9.17) is 14.5 Å². The average Bonchev–Trinajstić information content (AvgIpc) is 3.73. The minimum absolute atomic E-state index is 0.175. The van der Waals surface area contributed by atoms with Crippen molar-refractivity contribution in [3.63, 3.8) is 0 Å². The SMILES string of the molecule is Cc1cc(Nc2nccc(-c3ccc(OC4CCOCC4)nc3)n2)ccc1N1CC2CC1CN2C1CCCC1. The van der Waals surface area contributed by atoms with Gasteiger partial charge in [0.1, 0.15) is 6.10 Å². The van der Waals surface area contributed by atoms with Gasteiger partial charge in [0.05, 0.1) is 18.9 Å². The van der Waals surface area contributed by atoms with Crippen LogP contribution in [0.5, 0.6) is 5.88 Å². The summed E-state index contributed by atoms with van der Waals surface area (Å²) in [6, 6.07) is 14.7. The summed E-state index contributed by atoms with van der Waals surface area (Å²) in [5.74, 6) is 1.22. The number of hydrogen-bond acceptors (Lipinski definition) is 8. The first kappa shape index (κ1) is 24.8. The zero-order valence-corrected chi connectivity index (χ0v) is 22.8. The van der Waals surface area contributed by atoms with E-state index in [9.17, 15) is 0 Å². The first-order valence-corrected chi connectivity index (χ1v) is 14.6. The van der Waals surface area contributed by atoms with Crippen LogP contribution in [0.1, 0.15) is 50.5 Å². The Bertz CT molecular complexity index is 1290. The number of rotatable bonds is 7. The van der Waals surface area contributed by atoms with E-state index in [1.807, 2.05) is 24.4 Å². The quantitative estimate of drug-likeness (QED) is 0.441. The molecule has 3 aromatic rings. The number of pyridine rings is 1. The Morgan fingerprint density at radius 2 is 1.79 bits per heavy atom. The van der Waals surface area contributed by atoms with Crippen molar-refractivity contribution in [2.75, 3.05) is 36.5 Å². The topological polar surface area (TPSA) is 75.6 Å². The second kappa shape index (κ2) is 10.7. The normalized spacial score (nSPS) is 24.0. The molecule has 4 fully saturated rings. The number of nitrogens with zero attached hydrogens (tertiary/aromatic N) is 5. The summed E-state index contributed by atoms with van der Waals surface area (Å²) < 4.78 is 11.4. The smallest absolute Gasteiger partial charge is 0.227 e. The standard InChI is InChI=1S/C31H38N6O2/c1-21-16-23(7-8-29(21)37-20-25-17-26(37)19-36(25)24-4-2-3-5-24)34-31-32-13-10-28(35-31)22-6-9-30(33-18-22)39-27-11-14-38-15-12-27/h6-10,13,16,18,24-27H,2-5,11-12,14-15,17,19-20H2,1H3,(H,32,34,35). The highest BCUT2D eigenvalue weighted by Gasteiger charge is 2.46. The van der Waals surface area contributed by atoms with E-state index in [1.54, 1.807) is 6.20 Å². The van der Waals surface area contributed by atoms with E-state index in [2.05, 4.69) is 50.2 Å². The lowest BCUT2D eigenvalue weighted by molar-refractivity contribution is 0.0237. The summed E-state index contributed by atoms with van der Waals surface area (Å²) in [5.41, 5.74) is 5.42. The Labute approximate surface area is 230 Å². The van der Waals surface area contributed by atoms with Crippen LogP contribution >= 0.6 is 0 Å². The number of likely N-dealkylation sites (tertiary alicyclic amines) is 1. The van der Waals surface area contributed by atoms with Crippen LogP contribution in [0.3, 0.4) is 0 Å². The Balaban J connectivity index is 0.997. The fourth-order valence-corrected chi connectivity index (χ4v) is 7.01. The molecule has 0 amide bonds. The van der Waals surface area contributed by atoms with Crippen molar-refractivity contribution < 1.29 is 9.47 Å². The number of benzene rings is 1. The molecule has 2 aromatic heterocycles. The lowest BCUT2D eigenvalue weighted by atomic mass is 10.1. The maximum absolute atomic E-state index is 6.01. The zero-order chi connectivity index (χ0) is 26.2. The van der Waals surface area contributed by atoms with Gasteiger partial charge in [-0.2, -0.15) is 0 Å². The van der Waals surface area contributed by atoms with Gasteiger partial charge in [-0.1, -0.05) is 12.8 Å². The monoisotopic (exact) mass is 526 g/mol. The number of aromatic nitrogens is 3. The molecule has 2 bridgehead atoms. The fourth-order valence-electron chi connectivity index (χ4n) is 7.01. The summed E-state index contributed by atoms with van der Waals surface area (Å²) in [6.45, 7) is 6.11. The van der Waals surface area contributed by atoms with Crippen LogP contribution in [0.15, 0.2) is 48.8 Å². The molecule has 2 unspecified atom stereocenters. The molecule has 5 heterocycles. The third-order valence-electron chi connectivity index (χ3n) is 8.98. The van der Waals surface area contributed by atoms with E-state index in [0.717, 1.165) is 61.6 Å². The molecule has 204 valence electrons. The molecule has 1 aliphatic carbocycles. The van der Waals surface area contributed by atoms with Crippen LogP contribution in [-0.4, -0.2) is 70.4 Å². The number of fused-ring (bicyclic) bond motifs is 2. The maximum Gasteiger partial charge on any atom is 0.227 e. The van der Waals surface area contributed by atoms with Crippen molar-refractivity contribution in [1.29, 1.82) is 0 Å². The van der Waals surface area contributed by atoms with Crippen molar-refractivity contribution in [3.05, 3.63) is 54.4 Å². The first-order chi connectivity index (χ1) is 19.2. The summed E-state index contributed by atoms with van der Waals surface area (Å²) in [7, 11) is 0. The average molecular weight is 527 g/mol. The number of piperazine rings is 1. The van der Waals surface area contributed by atoms with Crippen molar-refractivity contribution >= 4 is 17.3 Å². The predicted octanol–water partition coefficient (Wildman–Crippen LogP) is 5.35. The summed E-state index contributed by atoms with van der Waals surface area (Å²) in [4.78, 5) is 19.2. The number of anilines is 3. The van der Waals surface area contributed by atoms with Gasteiger partial charge >= 0.3 is 0 Å². The number of ether oxygens (including phenoxy) is 2. The van der Waals surface area contributed by atoms with Crippen LogP contribution in [0.2, 0.25) is 0 Å². The second-order valence-electron chi connectivity index (χ2n) is 11.5. The van der Waals surface area contributed by atoms with Crippen molar-refractivity contribution in [1.82, 2.24) is 19.9 Å². The molecule has 1 saturated carbocycles. The van der Waals surface area contributed by atoms with Gasteiger partial charge in [-0.05, 0) is 62.1 Å². The summed E-state index contributed by atoms with van der Waals surface area (Å²) >= 11 is 0. The minimum atomic E-state index is 0.175. The molecule has 1 aromatic carbocycles. The molecule has 0 radical (unpaired) electrons. The first-order valence-electron chi connectivity index (χ1n) is 14.6. The molecule has 3 aliphatic heterocycles. The highest BCUT2D eigenvalue weighted by atomic mass is 16.5. The second-order valence-corrected chi connectivity index (χ2v) is 11.5. The molecule has 8 nitrogen and oxygen atoms in total. The van der Waals surface area contributed by atoms with Gasteiger partial charge in [0.2, 0.25) is 11.8 Å². The number of aryl methyl sites for hydroxylation is 1. The lowest BCUT2D eigenvalue weighted by Crippen LogP contribution is -2.50. The van der Waals surface area contributed by atoms with E-state index < -0.39 is 0 Å². The zero-order valence-electron chi connectivity index (χ0n) is 22.8. The van der Waals surface area contributed by atoms with Crippen LogP contribution < -0.4 is 15.0 Å².